The maximum atomic E-state index is 11.0. The maximum absolute atomic E-state index is 11.0. The van der Waals surface area contributed by atoms with Crippen LogP contribution < -0.4 is 10.0 Å². The fraction of sp³-hybridized carbons (Fsp3) is 0.478. The summed E-state index contributed by atoms with van der Waals surface area (Å²) in [6, 6.07) is 10.2. The number of aromatic nitrogens is 3. The Morgan fingerprint density at radius 1 is 1.21 bits per heavy atom. The first-order chi connectivity index (χ1) is 16.3. The molecule has 0 unspecified atom stereocenters. The third kappa shape index (κ3) is 4.53. The largest absolute Gasteiger partial charge is 0.393 e. The summed E-state index contributed by atoms with van der Waals surface area (Å²) in [7, 11) is -4.30. The number of fused-ring (bicyclic) bond motifs is 2. The van der Waals surface area contributed by atoms with Gasteiger partial charge in [-0.25, -0.2) is 9.97 Å². The van der Waals surface area contributed by atoms with Gasteiger partial charge in [-0.1, -0.05) is 24.3 Å². The Balaban J connectivity index is 1.39. The van der Waals surface area contributed by atoms with Crippen LogP contribution in [0.4, 0.5) is 5.82 Å². The van der Waals surface area contributed by atoms with Crippen LogP contribution in [-0.4, -0.2) is 58.0 Å². The van der Waals surface area contributed by atoms with Crippen molar-refractivity contribution in [3.8, 4) is 0 Å². The van der Waals surface area contributed by atoms with E-state index in [4.69, 9.17) is 9.29 Å². The van der Waals surface area contributed by atoms with E-state index in [0.29, 0.717) is 19.4 Å². The highest BCUT2D eigenvalue weighted by molar-refractivity contribution is 7.83. The summed E-state index contributed by atoms with van der Waals surface area (Å²) >= 11 is 0. The first-order valence-corrected chi connectivity index (χ1v) is 13.0. The zero-order chi connectivity index (χ0) is 23.9. The number of nitrogens with zero attached hydrogens (tertiary/aromatic N) is 3. The summed E-state index contributed by atoms with van der Waals surface area (Å²) in [5.41, 5.74) is 3.23. The Hall–Kier alpha value is -2.57. The Labute approximate surface area is 198 Å². The fourth-order valence-electron chi connectivity index (χ4n) is 5.36. The Kier molecular flexibility index (Phi) is 6.30. The van der Waals surface area contributed by atoms with Gasteiger partial charge >= 0.3 is 10.3 Å². The minimum atomic E-state index is -4.30. The maximum Gasteiger partial charge on any atom is 0.333 e. The summed E-state index contributed by atoms with van der Waals surface area (Å²) in [6.45, 7) is 2.61. The first kappa shape index (κ1) is 23.2. The van der Waals surface area contributed by atoms with Crippen molar-refractivity contribution in [3.63, 3.8) is 0 Å². The number of hydrogen-bond donors (Lipinski definition) is 4. The molecule has 0 saturated heterocycles. The van der Waals surface area contributed by atoms with Crippen LogP contribution in [0.15, 0.2) is 42.9 Å². The summed E-state index contributed by atoms with van der Waals surface area (Å²) in [5, 5.41) is 14.9. The van der Waals surface area contributed by atoms with Crippen LogP contribution in [0.2, 0.25) is 0 Å². The van der Waals surface area contributed by atoms with Crippen LogP contribution in [0.5, 0.6) is 0 Å². The van der Waals surface area contributed by atoms with E-state index in [1.165, 1.54) is 17.5 Å². The van der Waals surface area contributed by atoms with Gasteiger partial charge in [-0.15, -0.1) is 0 Å². The molecule has 4 N–H and O–H groups in total. The molecule has 1 saturated carbocycles. The third-order valence-corrected chi connectivity index (χ3v) is 7.45. The van der Waals surface area contributed by atoms with Gasteiger partial charge in [-0.2, -0.15) is 13.1 Å². The molecular weight excluding hydrogens is 458 g/mol. The van der Waals surface area contributed by atoms with Crippen molar-refractivity contribution in [2.75, 3.05) is 18.5 Å². The molecular formula is C23H29N5O5S. The summed E-state index contributed by atoms with van der Waals surface area (Å²) in [5.74, 6) is 0.420. The van der Waals surface area contributed by atoms with Crippen molar-refractivity contribution in [2.24, 2.45) is 5.92 Å². The number of nitrogens with one attached hydrogen (secondary N) is 2. The quantitative estimate of drug-likeness (QED) is 0.355. The van der Waals surface area contributed by atoms with Crippen LogP contribution >= 0.6 is 0 Å². The van der Waals surface area contributed by atoms with Crippen LogP contribution in [0, 0.1) is 5.92 Å². The molecule has 5 rings (SSSR count). The van der Waals surface area contributed by atoms with Crippen molar-refractivity contribution < 1.29 is 22.8 Å². The normalized spacial score (nSPS) is 26.7. The minimum Gasteiger partial charge on any atom is -0.393 e. The lowest BCUT2D eigenvalue weighted by molar-refractivity contribution is 0.0574. The van der Waals surface area contributed by atoms with E-state index < -0.39 is 16.4 Å². The zero-order valence-electron chi connectivity index (χ0n) is 18.8. The molecule has 0 amide bonds. The molecule has 3 aromatic rings. The molecule has 1 aromatic carbocycles. The van der Waals surface area contributed by atoms with Crippen molar-refractivity contribution >= 4 is 27.2 Å². The minimum absolute atomic E-state index is 0.00976. The lowest BCUT2D eigenvalue weighted by Gasteiger charge is -2.23. The van der Waals surface area contributed by atoms with E-state index in [1.807, 2.05) is 35.9 Å². The van der Waals surface area contributed by atoms with Gasteiger partial charge in [0.15, 0.2) is 0 Å². The molecule has 182 valence electrons. The highest BCUT2D eigenvalue weighted by atomic mass is 32.2. The summed E-state index contributed by atoms with van der Waals surface area (Å²) in [4.78, 5) is 9.02. The van der Waals surface area contributed by atoms with E-state index in [1.54, 1.807) is 0 Å². The molecule has 0 radical (unpaired) electrons. The molecule has 0 aliphatic heterocycles. The van der Waals surface area contributed by atoms with Crippen LogP contribution in [-0.2, 0) is 21.5 Å². The molecule has 0 bridgehead atoms. The van der Waals surface area contributed by atoms with Gasteiger partial charge in [0.25, 0.3) is 0 Å². The zero-order valence-corrected chi connectivity index (χ0v) is 19.6. The van der Waals surface area contributed by atoms with Gasteiger partial charge in [0, 0.05) is 37.7 Å². The van der Waals surface area contributed by atoms with Crippen molar-refractivity contribution in [1.82, 2.24) is 19.3 Å². The Morgan fingerprint density at radius 3 is 2.82 bits per heavy atom. The molecule has 1 fully saturated rings. The molecule has 5 atom stereocenters. The summed E-state index contributed by atoms with van der Waals surface area (Å²) in [6.07, 6.45) is 4.66. The molecule has 10 nitrogen and oxygen atoms in total. The highest BCUT2D eigenvalue weighted by Gasteiger charge is 2.36. The number of benzene rings is 1. The van der Waals surface area contributed by atoms with Gasteiger partial charge in [0.05, 0.1) is 23.6 Å². The topological polar surface area (TPSA) is 139 Å². The molecule has 2 heterocycles. The standard InChI is InChI=1S/C23H29N5O5S/c1-2-33-20-10-14-5-3-4-6-17(14)21(20)27-22-18-7-8-28(23(18)25-13-24-22)16-9-15(19(29)11-16)12-26-34(30,31)32/h3-8,13,15-16,19-21,26,29H,2,9-12H2,1H3,(H,24,25,27)(H,30,31,32)/t15-,16+,19-,20-,21+/m0/s1. The molecule has 2 aliphatic rings. The fourth-order valence-corrected chi connectivity index (χ4v) is 5.78. The third-order valence-electron chi connectivity index (χ3n) is 6.92. The number of aliphatic hydroxyl groups excluding tert-OH is 1. The van der Waals surface area contributed by atoms with Crippen LogP contribution in [0.25, 0.3) is 11.0 Å². The van der Waals surface area contributed by atoms with E-state index in [9.17, 15) is 13.5 Å². The second-order valence-corrected chi connectivity index (χ2v) is 10.2. The van der Waals surface area contributed by atoms with E-state index >= 15 is 0 Å². The van der Waals surface area contributed by atoms with Gasteiger partial charge in [-0.3, -0.25) is 4.55 Å². The lowest BCUT2D eigenvalue weighted by atomic mass is 10.1. The van der Waals surface area contributed by atoms with Crippen LogP contribution in [0.3, 0.4) is 0 Å². The number of ether oxygens (including phenoxy) is 1. The molecule has 0 spiro atoms. The second kappa shape index (κ2) is 9.23. The summed E-state index contributed by atoms with van der Waals surface area (Å²) < 4.78 is 41.1. The van der Waals surface area contributed by atoms with Gasteiger partial charge < -0.3 is 19.7 Å². The highest BCUT2D eigenvalue weighted by Crippen LogP contribution is 2.39. The number of aliphatic hydroxyl groups is 1. The Morgan fingerprint density at radius 2 is 2.03 bits per heavy atom. The van der Waals surface area contributed by atoms with Crippen LogP contribution in [0.1, 0.15) is 43.0 Å². The van der Waals surface area contributed by atoms with E-state index in [-0.39, 0.29) is 30.7 Å². The molecule has 34 heavy (non-hydrogen) atoms. The number of anilines is 1. The predicted octanol–water partition coefficient (Wildman–Crippen LogP) is 2.25. The molecule has 2 aromatic heterocycles. The van der Waals surface area contributed by atoms with Gasteiger partial charge in [0.1, 0.15) is 17.8 Å². The SMILES string of the molecule is CCO[C@H]1Cc2ccccc2[C@H]1Nc1ncnc2c1ccn2[C@@H]1C[C@@H](CNS(=O)(=O)O)[C@@H](O)C1. The monoisotopic (exact) mass is 487 g/mol. The number of rotatable bonds is 8. The number of hydrogen-bond acceptors (Lipinski definition) is 7. The molecule has 11 heteroatoms. The second-order valence-electron chi connectivity index (χ2n) is 8.98. The van der Waals surface area contributed by atoms with Crippen molar-refractivity contribution in [2.45, 2.75) is 50.5 Å². The van der Waals surface area contributed by atoms with Crippen molar-refractivity contribution in [3.05, 3.63) is 54.0 Å². The van der Waals surface area contributed by atoms with E-state index in [2.05, 4.69) is 32.1 Å². The van der Waals surface area contributed by atoms with E-state index in [0.717, 1.165) is 23.3 Å². The first-order valence-electron chi connectivity index (χ1n) is 11.5. The smallest absolute Gasteiger partial charge is 0.333 e. The lowest BCUT2D eigenvalue weighted by Crippen LogP contribution is -2.31. The van der Waals surface area contributed by atoms with Gasteiger partial charge in [0.2, 0.25) is 0 Å². The average Bonchev–Trinajstić information content (AvgIpc) is 3.48. The average molecular weight is 488 g/mol. The van der Waals surface area contributed by atoms with Gasteiger partial charge in [-0.05, 0) is 37.0 Å². The predicted molar refractivity (Wildman–Crippen MR) is 127 cm³/mol. The molecule has 2 aliphatic carbocycles. The van der Waals surface area contributed by atoms with Crippen molar-refractivity contribution in [1.29, 1.82) is 0 Å². The Bertz CT molecular complexity index is 1280.